The number of aliphatic carboxylic acids is 1. The number of halogens is 3. The summed E-state index contributed by atoms with van der Waals surface area (Å²) < 4.78 is 43.4. The molecule has 10 heteroatoms. The molecule has 1 aromatic heterocycles. The Balaban J connectivity index is 0.000000383. The molecule has 3 heterocycles. The predicted octanol–water partition coefficient (Wildman–Crippen LogP) is 2.95. The van der Waals surface area contributed by atoms with Gasteiger partial charge in [0.2, 0.25) is 5.91 Å². The largest absolute Gasteiger partial charge is 0.490 e. The monoisotopic (exact) mass is 466 g/mol. The molecule has 2 aliphatic rings. The van der Waals surface area contributed by atoms with Crippen LogP contribution >= 0.6 is 0 Å². The number of carboxylic acid groups (broad SMARTS) is 1. The van der Waals surface area contributed by atoms with Gasteiger partial charge in [-0.05, 0) is 17.7 Å². The number of aromatic nitrogens is 1. The topological polar surface area (TPSA) is 89.0 Å². The van der Waals surface area contributed by atoms with Crippen LogP contribution in [0.25, 0.3) is 0 Å². The first kappa shape index (κ1) is 24.7. The summed E-state index contributed by atoms with van der Waals surface area (Å²) in [5.41, 5.74) is 1.90. The lowest BCUT2D eigenvalue weighted by molar-refractivity contribution is -0.192. The summed E-state index contributed by atoms with van der Waals surface area (Å²) in [6.45, 7) is 3.94. The van der Waals surface area contributed by atoms with Crippen LogP contribution in [0, 0.1) is 11.3 Å². The summed E-state index contributed by atoms with van der Waals surface area (Å²) in [6, 6.07) is 15.8. The van der Waals surface area contributed by atoms with Gasteiger partial charge in [0.25, 0.3) is 0 Å². The molecule has 178 valence electrons. The quantitative estimate of drug-likeness (QED) is 0.704. The van der Waals surface area contributed by atoms with E-state index in [1.54, 1.807) is 6.20 Å². The number of carbonyl (C=O) groups is 2. The Bertz CT molecular complexity index is 927. The van der Waals surface area contributed by atoms with Crippen LogP contribution in [0.4, 0.5) is 13.2 Å². The molecule has 1 N–H and O–H groups in total. The number of pyridine rings is 1. The average molecular weight is 466 g/mol. The van der Waals surface area contributed by atoms with E-state index in [1.807, 2.05) is 53.4 Å². The maximum Gasteiger partial charge on any atom is 0.490 e. The molecule has 2 aromatic rings. The standard InChI is InChI=1S/C21H24N2O3.C2HF3O2/c24-20(10-17-6-2-1-3-7-17)23-11-18-12-25-15-21(18,14-23)16-26-13-19-8-4-5-9-22-19;3-2(4,5)1(6)7/h1-9,18H,10-16H2;(H,6,7)/t18-,21+;/m1./s1. The Hall–Kier alpha value is -2.98. The van der Waals surface area contributed by atoms with Crippen molar-refractivity contribution in [3.05, 3.63) is 66.0 Å². The van der Waals surface area contributed by atoms with E-state index in [0.29, 0.717) is 45.3 Å². The second-order valence-corrected chi connectivity index (χ2v) is 8.13. The van der Waals surface area contributed by atoms with Gasteiger partial charge in [-0.3, -0.25) is 9.78 Å². The Morgan fingerprint density at radius 2 is 1.88 bits per heavy atom. The van der Waals surface area contributed by atoms with Gasteiger partial charge >= 0.3 is 12.1 Å². The SMILES string of the molecule is O=C(Cc1ccccc1)N1C[C@@H]2COC[C@]2(COCc2ccccn2)C1.O=C(O)C(F)(F)F. The van der Waals surface area contributed by atoms with E-state index in [2.05, 4.69) is 4.98 Å². The molecule has 1 aromatic carbocycles. The number of benzene rings is 1. The van der Waals surface area contributed by atoms with Crippen molar-refractivity contribution in [3.8, 4) is 0 Å². The van der Waals surface area contributed by atoms with Crippen molar-refractivity contribution in [2.24, 2.45) is 11.3 Å². The van der Waals surface area contributed by atoms with Crippen LogP contribution in [0.15, 0.2) is 54.7 Å². The van der Waals surface area contributed by atoms with Crippen LogP contribution in [0.1, 0.15) is 11.3 Å². The summed E-state index contributed by atoms with van der Waals surface area (Å²) in [5, 5.41) is 7.12. The molecule has 0 radical (unpaired) electrons. The average Bonchev–Trinajstić information content (AvgIpc) is 3.32. The number of likely N-dealkylation sites (tertiary alicyclic amines) is 1. The van der Waals surface area contributed by atoms with Crippen molar-refractivity contribution in [3.63, 3.8) is 0 Å². The summed E-state index contributed by atoms with van der Waals surface area (Å²) in [5.74, 6) is -2.21. The lowest BCUT2D eigenvalue weighted by Crippen LogP contribution is -2.37. The third-order valence-corrected chi connectivity index (χ3v) is 5.68. The lowest BCUT2D eigenvalue weighted by atomic mass is 9.82. The zero-order chi connectivity index (χ0) is 23.9. The molecule has 4 rings (SSSR count). The highest BCUT2D eigenvalue weighted by atomic mass is 19.4. The van der Waals surface area contributed by atoms with Gasteiger partial charge in [-0.1, -0.05) is 36.4 Å². The predicted molar refractivity (Wildman–Crippen MR) is 111 cm³/mol. The van der Waals surface area contributed by atoms with E-state index >= 15 is 0 Å². The molecule has 2 fully saturated rings. The van der Waals surface area contributed by atoms with Gasteiger partial charge in [0.05, 0.1) is 38.5 Å². The third-order valence-electron chi connectivity index (χ3n) is 5.68. The Kier molecular flexibility index (Phi) is 8.04. The molecule has 0 aliphatic carbocycles. The number of nitrogens with zero attached hydrogens (tertiary/aromatic N) is 2. The van der Waals surface area contributed by atoms with E-state index in [0.717, 1.165) is 17.8 Å². The smallest absolute Gasteiger partial charge is 0.475 e. The van der Waals surface area contributed by atoms with Crippen LogP contribution in [0.2, 0.25) is 0 Å². The number of rotatable bonds is 6. The van der Waals surface area contributed by atoms with E-state index in [9.17, 15) is 18.0 Å². The van der Waals surface area contributed by atoms with Crippen LogP contribution in [-0.2, 0) is 32.1 Å². The number of carboxylic acids is 1. The minimum Gasteiger partial charge on any atom is -0.475 e. The maximum atomic E-state index is 12.7. The summed E-state index contributed by atoms with van der Waals surface area (Å²) in [4.78, 5) is 27.9. The van der Waals surface area contributed by atoms with Crippen molar-refractivity contribution in [1.29, 1.82) is 0 Å². The van der Waals surface area contributed by atoms with Gasteiger partial charge in [0, 0.05) is 30.6 Å². The van der Waals surface area contributed by atoms with Gasteiger partial charge in [0.1, 0.15) is 0 Å². The molecule has 0 spiro atoms. The Morgan fingerprint density at radius 3 is 2.52 bits per heavy atom. The molecule has 2 saturated heterocycles. The first-order chi connectivity index (χ1) is 15.7. The number of ether oxygens (including phenoxy) is 2. The molecule has 1 amide bonds. The van der Waals surface area contributed by atoms with Gasteiger partial charge in [-0.2, -0.15) is 13.2 Å². The zero-order valence-corrected chi connectivity index (χ0v) is 17.8. The van der Waals surface area contributed by atoms with Crippen LogP contribution < -0.4 is 0 Å². The van der Waals surface area contributed by atoms with Crippen LogP contribution in [0.3, 0.4) is 0 Å². The molecule has 2 atom stereocenters. The molecule has 0 bridgehead atoms. The van der Waals surface area contributed by atoms with Crippen LogP contribution in [-0.4, -0.2) is 66.0 Å². The van der Waals surface area contributed by atoms with Crippen molar-refractivity contribution in [2.45, 2.75) is 19.2 Å². The molecule has 0 unspecified atom stereocenters. The number of alkyl halides is 3. The van der Waals surface area contributed by atoms with E-state index in [-0.39, 0.29) is 11.3 Å². The summed E-state index contributed by atoms with van der Waals surface area (Å²) in [6.07, 6.45) is -2.85. The molecule has 7 nitrogen and oxygen atoms in total. The van der Waals surface area contributed by atoms with Crippen molar-refractivity contribution in [2.75, 3.05) is 32.9 Å². The highest BCUT2D eigenvalue weighted by molar-refractivity contribution is 5.79. The third kappa shape index (κ3) is 6.75. The minimum atomic E-state index is -5.08. The molecule has 0 saturated carbocycles. The minimum absolute atomic E-state index is 0.0822. The van der Waals surface area contributed by atoms with Crippen LogP contribution in [0.5, 0.6) is 0 Å². The number of hydrogen-bond acceptors (Lipinski definition) is 5. The number of amides is 1. The highest BCUT2D eigenvalue weighted by Crippen LogP contribution is 2.41. The second kappa shape index (κ2) is 10.8. The highest BCUT2D eigenvalue weighted by Gasteiger charge is 2.51. The van der Waals surface area contributed by atoms with Crippen molar-refractivity contribution < 1.29 is 37.3 Å². The van der Waals surface area contributed by atoms with E-state index < -0.39 is 12.1 Å². The van der Waals surface area contributed by atoms with Crippen molar-refractivity contribution >= 4 is 11.9 Å². The molecule has 2 aliphatic heterocycles. The van der Waals surface area contributed by atoms with E-state index in [1.165, 1.54) is 0 Å². The Labute approximate surface area is 189 Å². The summed E-state index contributed by atoms with van der Waals surface area (Å²) in [7, 11) is 0. The molecule has 33 heavy (non-hydrogen) atoms. The second-order valence-electron chi connectivity index (χ2n) is 8.13. The zero-order valence-electron chi connectivity index (χ0n) is 17.8. The van der Waals surface area contributed by atoms with Gasteiger partial charge < -0.3 is 19.5 Å². The van der Waals surface area contributed by atoms with E-state index in [4.69, 9.17) is 19.4 Å². The molecular formula is C23H25F3N2O5. The summed E-state index contributed by atoms with van der Waals surface area (Å²) >= 11 is 0. The first-order valence-corrected chi connectivity index (χ1v) is 10.4. The molecular weight excluding hydrogens is 441 g/mol. The van der Waals surface area contributed by atoms with Gasteiger partial charge in [0.15, 0.2) is 0 Å². The number of hydrogen-bond donors (Lipinski definition) is 1. The van der Waals surface area contributed by atoms with Gasteiger partial charge in [-0.15, -0.1) is 0 Å². The fourth-order valence-corrected chi connectivity index (χ4v) is 3.95. The van der Waals surface area contributed by atoms with Crippen molar-refractivity contribution in [1.82, 2.24) is 9.88 Å². The van der Waals surface area contributed by atoms with Gasteiger partial charge in [-0.25, -0.2) is 4.79 Å². The lowest BCUT2D eigenvalue weighted by Gasteiger charge is -2.26. The number of carbonyl (C=O) groups excluding carboxylic acids is 1. The Morgan fingerprint density at radius 1 is 1.18 bits per heavy atom. The fraction of sp³-hybridized carbons (Fsp3) is 0.435. The number of fused-ring (bicyclic) bond motifs is 1. The maximum absolute atomic E-state index is 12.7. The normalized spacial score (nSPS) is 21.8. The first-order valence-electron chi connectivity index (χ1n) is 10.4. The fourth-order valence-electron chi connectivity index (χ4n) is 3.95.